The average molecular weight is 246 g/mol. The number of rotatable bonds is 4. The van der Waals surface area contributed by atoms with Crippen molar-refractivity contribution in [3.8, 4) is 5.75 Å². The molecule has 1 atom stereocenters. The Kier molecular flexibility index (Phi) is 3.55. The molecule has 18 heavy (non-hydrogen) atoms. The van der Waals surface area contributed by atoms with E-state index in [-0.39, 0.29) is 11.8 Å². The molecule has 0 spiro atoms. The number of fused-ring (bicyclic) bond motifs is 1. The zero-order chi connectivity index (χ0) is 13.1. The molecule has 0 saturated heterocycles. The summed E-state index contributed by atoms with van der Waals surface area (Å²) in [6.07, 6.45) is 2.00. The Hall–Kier alpha value is -1.97. The van der Waals surface area contributed by atoms with Gasteiger partial charge in [0.05, 0.1) is 7.11 Å². The number of H-pyrrole nitrogens is 1. The minimum absolute atomic E-state index is 0.000674. The fourth-order valence-corrected chi connectivity index (χ4v) is 2.06. The summed E-state index contributed by atoms with van der Waals surface area (Å²) in [7, 11) is 1.66. The summed E-state index contributed by atoms with van der Waals surface area (Å²) in [5, 5.41) is 3.99. The number of aromatic nitrogens is 1. The molecule has 0 unspecified atom stereocenters. The lowest BCUT2D eigenvalue weighted by Gasteiger charge is -2.11. The highest BCUT2D eigenvalue weighted by atomic mass is 16.5. The zero-order valence-corrected chi connectivity index (χ0v) is 10.9. The van der Waals surface area contributed by atoms with E-state index in [1.165, 1.54) is 12.5 Å². The Bertz CT molecular complexity index is 560. The second-order valence-electron chi connectivity index (χ2n) is 4.49. The van der Waals surface area contributed by atoms with Crippen LogP contribution < -0.4 is 10.1 Å². The van der Waals surface area contributed by atoms with E-state index in [2.05, 4.69) is 17.2 Å². The number of hydrogen-bond donors (Lipinski definition) is 2. The van der Waals surface area contributed by atoms with Gasteiger partial charge in [-0.25, -0.2) is 0 Å². The fraction of sp³-hybridized carbons (Fsp3) is 0.357. The van der Waals surface area contributed by atoms with Gasteiger partial charge < -0.3 is 15.0 Å². The van der Waals surface area contributed by atoms with Gasteiger partial charge >= 0.3 is 0 Å². The molecule has 0 bridgehead atoms. The van der Waals surface area contributed by atoms with Gasteiger partial charge in [0, 0.05) is 36.5 Å². The SMILES string of the molecule is COc1ccc2[nH]cc([C@@H](C)CNC(C)=O)c2c1. The van der Waals surface area contributed by atoms with E-state index in [1.54, 1.807) is 7.11 Å². The maximum Gasteiger partial charge on any atom is 0.216 e. The summed E-state index contributed by atoms with van der Waals surface area (Å²) in [5.41, 5.74) is 2.28. The minimum Gasteiger partial charge on any atom is -0.497 e. The van der Waals surface area contributed by atoms with Crippen LogP contribution in [-0.2, 0) is 4.79 Å². The van der Waals surface area contributed by atoms with E-state index >= 15 is 0 Å². The third-order valence-corrected chi connectivity index (χ3v) is 3.11. The second kappa shape index (κ2) is 5.12. The molecule has 96 valence electrons. The third-order valence-electron chi connectivity index (χ3n) is 3.11. The maximum atomic E-state index is 10.9. The van der Waals surface area contributed by atoms with Gasteiger partial charge in [-0.2, -0.15) is 0 Å². The molecule has 0 aliphatic rings. The number of carbonyl (C=O) groups is 1. The largest absolute Gasteiger partial charge is 0.497 e. The van der Waals surface area contributed by atoms with Gasteiger partial charge in [0.2, 0.25) is 5.91 Å². The van der Waals surface area contributed by atoms with Crippen LogP contribution in [0.5, 0.6) is 5.75 Å². The molecule has 2 aromatic rings. The van der Waals surface area contributed by atoms with Crippen LogP contribution in [0.1, 0.15) is 25.3 Å². The molecule has 0 aliphatic heterocycles. The van der Waals surface area contributed by atoms with Crippen LogP contribution in [0.3, 0.4) is 0 Å². The van der Waals surface area contributed by atoms with E-state index < -0.39 is 0 Å². The van der Waals surface area contributed by atoms with Crippen LogP contribution in [0.25, 0.3) is 10.9 Å². The number of carbonyl (C=O) groups excluding carboxylic acids is 1. The molecule has 1 amide bonds. The quantitative estimate of drug-likeness (QED) is 0.870. The average Bonchev–Trinajstić information content (AvgIpc) is 2.78. The predicted octanol–water partition coefficient (Wildman–Crippen LogP) is 2.42. The van der Waals surface area contributed by atoms with Crippen molar-refractivity contribution in [1.82, 2.24) is 10.3 Å². The molecule has 0 saturated carbocycles. The molecule has 1 heterocycles. The number of amides is 1. The van der Waals surface area contributed by atoms with Gasteiger partial charge in [-0.05, 0) is 23.8 Å². The van der Waals surface area contributed by atoms with Crippen LogP contribution in [0.4, 0.5) is 0 Å². The Morgan fingerprint density at radius 2 is 2.28 bits per heavy atom. The van der Waals surface area contributed by atoms with Gasteiger partial charge in [0.15, 0.2) is 0 Å². The van der Waals surface area contributed by atoms with Gasteiger partial charge in [-0.15, -0.1) is 0 Å². The summed E-state index contributed by atoms with van der Waals surface area (Å²) in [6.45, 7) is 4.27. The Labute approximate surface area is 106 Å². The molecule has 1 aromatic heterocycles. The summed E-state index contributed by atoms with van der Waals surface area (Å²) in [5.74, 6) is 1.10. The summed E-state index contributed by atoms with van der Waals surface area (Å²) in [4.78, 5) is 14.2. The Morgan fingerprint density at radius 1 is 1.50 bits per heavy atom. The smallest absolute Gasteiger partial charge is 0.216 e. The maximum absolute atomic E-state index is 10.9. The van der Waals surface area contributed by atoms with Gasteiger partial charge in [-0.1, -0.05) is 6.92 Å². The monoisotopic (exact) mass is 246 g/mol. The Morgan fingerprint density at radius 3 is 2.94 bits per heavy atom. The Balaban J connectivity index is 2.29. The van der Waals surface area contributed by atoms with Crippen molar-refractivity contribution in [2.24, 2.45) is 0 Å². The summed E-state index contributed by atoms with van der Waals surface area (Å²) in [6, 6.07) is 5.95. The van der Waals surface area contributed by atoms with Gasteiger partial charge in [0.1, 0.15) is 5.75 Å². The molecule has 2 rings (SSSR count). The van der Waals surface area contributed by atoms with E-state index in [0.717, 1.165) is 16.7 Å². The van der Waals surface area contributed by atoms with E-state index in [4.69, 9.17) is 4.74 Å². The number of hydrogen-bond acceptors (Lipinski definition) is 2. The molecule has 4 nitrogen and oxygen atoms in total. The van der Waals surface area contributed by atoms with Crippen LogP contribution in [-0.4, -0.2) is 24.5 Å². The molecule has 2 N–H and O–H groups in total. The number of aromatic amines is 1. The van der Waals surface area contributed by atoms with Crippen molar-refractivity contribution < 1.29 is 9.53 Å². The number of nitrogens with one attached hydrogen (secondary N) is 2. The molecule has 0 radical (unpaired) electrons. The lowest BCUT2D eigenvalue weighted by atomic mass is 10.0. The minimum atomic E-state index is -0.000674. The fourth-order valence-electron chi connectivity index (χ4n) is 2.06. The van der Waals surface area contributed by atoms with Crippen LogP contribution in [0.15, 0.2) is 24.4 Å². The number of ether oxygens (including phenoxy) is 1. The first-order valence-corrected chi connectivity index (χ1v) is 6.01. The van der Waals surface area contributed by atoms with Crippen molar-refractivity contribution in [2.75, 3.05) is 13.7 Å². The number of methoxy groups -OCH3 is 1. The first-order chi connectivity index (χ1) is 8.61. The highest BCUT2D eigenvalue weighted by Crippen LogP contribution is 2.28. The first-order valence-electron chi connectivity index (χ1n) is 6.01. The lowest BCUT2D eigenvalue weighted by Crippen LogP contribution is -2.24. The molecular weight excluding hydrogens is 228 g/mol. The highest BCUT2D eigenvalue weighted by molar-refractivity contribution is 5.85. The molecule has 1 aromatic carbocycles. The predicted molar refractivity (Wildman–Crippen MR) is 71.9 cm³/mol. The first kappa shape index (κ1) is 12.5. The molecule has 0 aliphatic carbocycles. The van der Waals surface area contributed by atoms with Crippen LogP contribution in [0, 0.1) is 0 Å². The molecule has 4 heteroatoms. The topological polar surface area (TPSA) is 54.1 Å². The molecule has 0 fully saturated rings. The van der Waals surface area contributed by atoms with Crippen LogP contribution >= 0.6 is 0 Å². The van der Waals surface area contributed by atoms with Crippen molar-refractivity contribution in [3.05, 3.63) is 30.0 Å². The van der Waals surface area contributed by atoms with E-state index in [9.17, 15) is 4.79 Å². The van der Waals surface area contributed by atoms with Crippen molar-refractivity contribution in [2.45, 2.75) is 19.8 Å². The van der Waals surface area contributed by atoms with Crippen molar-refractivity contribution in [1.29, 1.82) is 0 Å². The summed E-state index contributed by atoms with van der Waals surface area (Å²) < 4.78 is 5.24. The van der Waals surface area contributed by atoms with E-state index in [1.807, 2.05) is 24.4 Å². The van der Waals surface area contributed by atoms with Crippen molar-refractivity contribution >= 4 is 16.8 Å². The normalized spacial score (nSPS) is 12.4. The second-order valence-corrected chi connectivity index (χ2v) is 4.49. The lowest BCUT2D eigenvalue weighted by molar-refractivity contribution is -0.119. The highest BCUT2D eigenvalue weighted by Gasteiger charge is 2.12. The standard InChI is InChI=1S/C14H18N2O2/c1-9(7-15-10(2)17)13-8-16-14-5-4-11(18-3)6-12(13)14/h4-6,8-9,16H,7H2,1-3H3,(H,15,17)/t9-/m0/s1. The zero-order valence-electron chi connectivity index (χ0n) is 10.9. The van der Waals surface area contributed by atoms with E-state index in [0.29, 0.717) is 6.54 Å². The van der Waals surface area contributed by atoms with Gasteiger partial charge in [-0.3, -0.25) is 4.79 Å². The number of benzene rings is 1. The molecular formula is C14H18N2O2. The van der Waals surface area contributed by atoms with Gasteiger partial charge in [0.25, 0.3) is 0 Å². The summed E-state index contributed by atoms with van der Waals surface area (Å²) >= 11 is 0. The van der Waals surface area contributed by atoms with Crippen LogP contribution in [0.2, 0.25) is 0 Å². The third kappa shape index (κ3) is 2.47. The van der Waals surface area contributed by atoms with Crippen molar-refractivity contribution in [3.63, 3.8) is 0 Å².